The molecule has 0 amide bonds. The third kappa shape index (κ3) is 5.25. The van der Waals surface area contributed by atoms with Crippen LogP contribution < -0.4 is 5.32 Å². The van der Waals surface area contributed by atoms with Gasteiger partial charge in [0, 0.05) is 12.6 Å². The molecule has 3 unspecified atom stereocenters. The maximum Gasteiger partial charge on any atom is 0.0580 e. The summed E-state index contributed by atoms with van der Waals surface area (Å²) in [5, 5.41) is 3.89. The first-order valence-electron chi connectivity index (χ1n) is 9.61. The van der Waals surface area contributed by atoms with E-state index < -0.39 is 0 Å². The van der Waals surface area contributed by atoms with Crippen molar-refractivity contribution in [3.8, 4) is 0 Å². The molecule has 21 heavy (non-hydrogen) atoms. The third-order valence-corrected chi connectivity index (χ3v) is 5.81. The Kier molecular flexibility index (Phi) is 7.53. The standard InChI is InChI=1S/C19H37NO/c1-4-10-20-19(14-16-12-18(13-16)21-6-3)17-9-7-8-15(5-2)11-17/h15-20H,4-14H2,1-3H3. The molecule has 0 bridgehead atoms. The Morgan fingerprint density at radius 2 is 1.86 bits per heavy atom. The summed E-state index contributed by atoms with van der Waals surface area (Å²) in [4.78, 5) is 0. The van der Waals surface area contributed by atoms with Crippen LogP contribution in [-0.2, 0) is 4.74 Å². The number of hydrogen-bond acceptors (Lipinski definition) is 2. The predicted molar refractivity (Wildman–Crippen MR) is 90.6 cm³/mol. The first-order valence-corrected chi connectivity index (χ1v) is 9.61. The minimum Gasteiger partial charge on any atom is -0.378 e. The van der Waals surface area contributed by atoms with Crippen LogP contribution in [0.25, 0.3) is 0 Å². The van der Waals surface area contributed by atoms with E-state index in [1.165, 1.54) is 64.3 Å². The fraction of sp³-hybridized carbons (Fsp3) is 1.00. The lowest BCUT2D eigenvalue weighted by atomic mass is 9.71. The monoisotopic (exact) mass is 295 g/mol. The van der Waals surface area contributed by atoms with Gasteiger partial charge in [-0.25, -0.2) is 0 Å². The largest absolute Gasteiger partial charge is 0.378 e. The van der Waals surface area contributed by atoms with Crippen molar-refractivity contribution in [1.29, 1.82) is 0 Å². The Bertz CT molecular complexity index is 275. The van der Waals surface area contributed by atoms with Crippen molar-refractivity contribution in [1.82, 2.24) is 5.32 Å². The van der Waals surface area contributed by atoms with Gasteiger partial charge in [0.2, 0.25) is 0 Å². The number of ether oxygens (including phenoxy) is 1. The minimum atomic E-state index is 0.571. The fourth-order valence-corrected chi connectivity index (χ4v) is 4.44. The highest BCUT2D eigenvalue weighted by atomic mass is 16.5. The molecule has 2 fully saturated rings. The van der Waals surface area contributed by atoms with Gasteiger partial charge >= 0.3 is 0 Å². The summed E-state index contributed by atoms with van der Waals surface area (Å²) in [5.41, 5.74) is 0. The van der Waals surface area contributed by atoms with Crippen LogP contribution in [0, 0.1) is 17.8 Å². The van der Waals surface area contributed by atoms with Crippen molar-refractivity contribution in [2.75, 3.05) is 13.2 Å². The number of rotatable bonds is 9. The van der Waals surface area contributed by atoms with Crippen LogP contribution in [0.1, 0.15) is 78.6 Å². The van der Waals surface area contributed by atoms with Gasteiger partial charge in [-0.3, -0.25) is 0 Å². The molecule has 2 aliphatic carbocycles. The quantitative estimate of drug-likeness (QED) is 0.661. The van der Waals surface area contributed by atoms with E-state index in [1.807, 2.05) is 0 Å². The van der Waals surface area contributed by atoms with Crippen LogP contribution in [0.2, 0.25) is 0 Å². The molecule has 0 heterocycles. The van der Waals surface area contributed by atoms with Crippen molar-refractivity contribution in [2.24, 2.45) is 17.8 Å². The summed E-state index contributed by atoms with van der Waals surface area (Å²) in [5.74, 6) is 2.84. The van der Waals surface area contributed by atoms with Crippen molar-refractivity contribution in [3.63, 3.8) is 0 Å². The highest BCUT2D eigenvalue weighted by Crippen LogP contribution is 2.39. The van der Waals surface area contributed by atoms with Crippen molar-refractivity contribution in [3.05, 3.63) is 0 Å². The van der Waals surface area contributed by atoms with E-state index in [0.717, 1.165) is 30.4 Å². The second-order valence-corrected chi connectivity index (χ2v) is 7.41. The lowest BCUT2D eigenvalue weighted by Gasteiger charge is -2.41. The van der Waals surface area contributed by atoms with Gasteiger partial charge in [0.05, 0.1) is 6.10 Å². The molecule has 0 aromatic rings. The molecule has 2 rings (SSSR count). The van der Waals surface area contributed by atoms with Crippen LogP contribution in [-0.4, -0.2) is 25.3 Å². The molecular formula is C19H37NO. The Morgan fingerprint density at radius 3 is 2.52 bits per heavy atom. The van der Waals surface area contributed by atoms with Gasteiger partial charge in [0.1, 0.15) is 0 Å². The number of hydrogen-bond donors (Lipinski definition) is 1. The molecule has 3 atom stereocenters. The van der Waals surface area contributed by atoms with E-state index in [2.05, 4.69) is 26.1 Å². The van der Waals surface area contributed by atoms with Gasteiger partial charge in [0.15, 0.2) is 0 Å². The Morgan fingerprint density at radius 1 is 1.05 bits per heavy atom. The predicted octanol–water partition coefficient (Wildman–Crippen LogP) is 4.78. The summed E-state index contributed by atoms with van der Waals surface area (Å²) in [6.45, 7) is 8.86. The topological polar surface area (TPSA) is 21.3 Å². The van der Waals surface area contributed by atoms with Crippen LogP contribution >= 0.6 is 0 Å². The number of nitrogens with one attached hydrogen (secondary N) is 1. The van der Waals surface area contributed by atoms with E-state index in [-0.39, 0.29) is 0 Å². The van der Waals surface area contributed by atoms with Crippen LogP contribution in [0.5, 0.6) is 0 Å². The Balaban J connectivity index is 1.80. The highest BCUT2D eigenvalue weighted by Gasteiger charge is 2.34. The Hall–Kier alpha value is -0.0800. The minimum absolute atomic E-state index is 0.571. The van der Waals surface area contributed by atoms with Crippen LogP contribution in [0.3, 0.4) is 0 Å². The summed E-state index contributed by atoms with van der Waals surface area (Å²) < 4.78 is 5.73. The molecule has 0 aromatic heterocycles. The van der Waals surface area contributed by atoms with Crippen molar-refractivity contribution >= 4 is 0 Å². The molecule has 2 nitrogen and oxygen atoms in total. The molecular weight excluding hydrogens is 258 g/mol. The van der Waals surface area contributed by atoms with Crippen molar-refractivity contribution < 1.29 is 4.74 Å². The maximum atomic E-state index is 5.73. The summed E-state index contributed by atoms with van der Waals surface area (Å²) in [6, 6.07) is 0.770. The molecule has 0 aromatic carbocycles. The molecule has 0 spiro atoms. The molecule has 1 N–H and O–H groups in total. The molecule has 2 saturated carbocycles. The molecule has 0 saturated heterocycles. The van der Waals surface area contributed by atoms with Crippen molar-refractivity contribution in [2.45, 2.75) is 90.7 Å². The van der Waals surface area contributed by atoms with Gasteiger partial charge in [0.25, 0.3) is 0 Å². The zero-order valence-electron chi connectivity index (χ0n) is 14.6. The highest BCUT2D eigenvalue weighted by molar-refractivity contribution is 4.89. The van der Waals surface area contributed by atoms with E-state index in [4.69, 9.17) is 4.74 Å². The van der Waals surface area contributed by atoms with E-state index in [9.17, 15) is 0 Å². The van der Waals surface area contributed by atoms with E-state index in [1.54, 1.807) is 0 Å². The zero-order chi connectivity index (χ0) is 15.1. The summed E-state index contributed by atoms with van der Waals surface area (Å²) >= 11 is 0. The lowest BCUT2D eigenvalue weighted by Crippen LogP contribution is -2.43. The summed E-state index contributed by atoms with van der Waals surface area (Å²) in [7, 11) is 0. The average Bonchev–Trinajstić information content (AvgIpc) is 2.48. The van der Waals surface area contributed by atoms with E-state index >= 15 is 0 Å². The molecule has 2 aliphatic rings. The third-order valence-electron chi connectivity index (χ3n) is 5.81. The Labute approximate surface area is 132 Å². The molecule has 0 radical (unpaired) electrons. The van der Waals surface area contributed by atoms with Gasteiger partial charge in [-0.2, -0.15) is 0 Å². The first kappa shape index (κ1) is 17.3. The molecule has 124 valence electrons. The fourth-order valence-electron chi connectivity index (χ4n) is 4.44. The second-order valence-electron chi connectivity index (χ2n) is 7.41. The average molecular weight is 296 g/mol. The SMILES string of the molecule is CCCNC(CC1CC(OCC)C1)C1CCCC(CC)C1. The van der Waals surface area contributed by atoms with Gasteiger partial charge in [-0.05, 0) is 69.7 Å². The van der Waals surface area contributed by atoms with Gasteiger partial charge < -0.3 is 10.1 Å². The zero-order valence-corrected chi connectivity index (χ0v) is 14.6. The van der Waals surface area contributed by atoms with Crippen LogP contribution in [0.15, 0.2) is 0 Å². The second kappa shape index (κ2) is 9.15. The lowest BCUT2D eigenvalue weighted by molar-refractivity contribution is -0.0317. The van der Waals surface area contributed by atoms with Gasteiger partial charge in [-0.15, -0.1) is 0 Å². The normalized spacial score (nSPS) is 34.4. The van der Waals surface area contributed by atoms with Crippen LogP contribution in [0.4, 0.5) is 0 Å². The molecule has 0 aliphatic heterocycles. The van der Waals surface area contributed by atoms with E-state index in [0.29, 0.717) is 6.10 Å². The van der Waals surface area contributed by atoms with Gasteiger partial charge in [-0.1, -0.05) is 33.1 Å². The first-order chi connectivity index (χ1) is 10.3. The molecule has 2 heteroatoms. The summed E-state index contributed by atoms with van der Waals surface area (Å²) in [6.07, 6.45) is 13.1. The smallest absolute Gasteiger partial charge is 0.0580 e. The maximum absolute atomic E-state index is 5.73.